The molecule has 2 heteroatoms. The van der Waals surface area contributed by atoms with Crippen LogP contribution in [0.5, 0.6) is 0 Å². The van der Waals surface area contributed by atoms with E-state index in [0.717, 1.165) is 6.16 Å². The van der Waals surface area contributed by atoms with Crippen molar-refractivity contribution in [1.29, 1.82) is 0 Å². The minimum Gasteiger partial charge on any atom is -0.339 e. The number of rotatable bonds is 1. The van der Waals surface area contributed by atoms with Crippen molar-refractivity contribution in [3.8, 4) is 0 Å². The molecular formula is C5H12AuP. The van der Waals surface area contributed by atoms with Gasteiger partial charge >= 0.3 is 22.4 Å². The fourth-order valence-electron chi connectivity index (χ4n) is 0. The van der Waals surface area contributed by atoms with Crippen LogP contribution in [0.3, 0.4) is 0 Å². The molecule has 7 heavy (non-hydrogen) atoms. The van der Waals surface area contributed by atoms with Gasteiger partial charge in [0, 0.05) is 0 Å². The van der Waals surface area contributed by atoms with Crippen molar-refractivity contribution in [2.24, 2.45) is 0 Å². The van der Waals surface area contributed by atoms with Gasteiger partial charge in [-0.1, -0.05) is 0 Å². The summed E-state index contributed by atoms with van der Waals surface area (Å²) in [7, 11) is 0. The third-order valence-corrected chi connectivity index (χ3v) is 1.82. The van der Waals surface area contributed by atoms with Crippen LogP contribution in [0.2, 0.25) is 0 Å². The van der Waals surface area contributed by atoms with E-state index < -0.39 is 6.89 Å². The summed E-state index contributed by atoms with van der Waals surface area (Å²) in [5.41, 5.74) is 0. The van der Waals surface area contributed by atoms with Crippen LogP contribution >= 0.6 is 6.89 Å². The molecule has 0 heterocycles. The molecule has 0 radical (unpaired) electrons. The molecule has 0 aromatic carbocycles. The van der Waals surface area contributed by atoms with Crippen LogP contribution < -0.4 is 0 Å². The van der Waals surface area contributed by atoms with E-state index in [1.807, 2.05) is 0 Å². The molecule has 0 aliphatic carbocycles. The van der Waals surface area contributed by atoms with Crippen molar-refractivity contribution in [2.45, 2.75) is 0 Å². The molecular weight excluding hydrogens is 288 g/mol. The quantitative estimate of drug-likeness (QED) is 0.391. The van der Waals surface area contributed by atoms with Gasteiger partial charge in [0.05, 0.1) is 0 Å². The zero-order valence-electron chi connectivity index (χ0n) is 4.87. The molecule has 0 spiro atoms. The van der Waals surface area contributed by atoms with E-state index in [9.17, 15) is 0 Å². The summed E-state index contributed by atoms with van der Waals surface area (Å²) in [5, 5.41) is 0. The topological polar surface area (TPSA) is 0 Å². The normalized spacial score (nSPS) is 10.1. The monoisotopic (exact) mass is 300 g/mol. The van der Waals surface area contributed by atoms with E-state index in [1.165, 1.54) is 0 Å². The van der Waals surface area contributed by atoms with Gasteiger partial charge in [0.25, 0.3) is 0 Å². The van der Waals surface area contributed by atoms with Crippen LogP contribution in [0.15, 0.2) is 0 Å². The Labute approximate surface area is 62.2 Å². The Hall–Kier alpha value is 1.04. The largest absolute Gasteiger partial charge is 1.00 e. The summed E-state index contributed by atoms with van der Waals surface area (Å²) in [6.07, 6.45) is 4.96. The molecule has 0 N–H and O–H groups in total. The molecule has 0 nitrogen and oxygen atoms in total. The molecule has 0 saturated carbocycles. The average Bonchev–Trinajstić information content (AvgIpc) is 1.35. The van der Waals surface area contributed by atoms with Crippen molar-refractivity contribution < 1.29 is 22.4 Å². The Balaban J connectivity index is 0. The van der Waals surface area contributed by atoms with Crippen LogP contribution in [0.4, 0.5) is 0 Å². The third-order valence-electron chi connectivity index (χ3n) is 0.605. The van der Waals surface area contributed by atoms with Crippen LogP contribution in [0.1, 0.15) is 0 Å². The standard InChI is InChI=1S/C5H12P.Au/c1-5-6(2,3)4;/h1-2,5H2,3-4H3;/q-1;+1. The first-order chi connectivity index (χ1) is 2.56. The van der Waals surface area contributed by atoms with Crippen molar-refractivity contribution >= 4 is 13.2 Å². The molecule has 0 bridgehead atoms. The first kappa shape index (κ1) is 10.9. The summed E-state index contributed by atoms with van der Waals surface area (Å²) < 4.78 is 0. The van der Waals surface area contributed by atoms with Gasteiger partial charge in [0.2, 0.25) is 0 Å². The number of hydrogen-bond acceptors (Lipinski definition) is 0. The van der Waals surface area contributed by atoms with E-state index in [0.29, 0.717) is 0 Å². The fourth-order valence-corrected chi connectivity index (χ4v) is 0. The van der Waals surface area contributed by atoms with E-state index in [4.69, 9.17) is 0 Å². The van der Waals surface area contributed by atoms with Gasteiger partial charge < -0.3 is 6.92 Å². The van der Waals surface area contributed by atoms with E-state index in [2.05, 4.69) is 26.6 Å². The summed E-state index contributed by atoms with van der Waals surface area (Å²) in [6, 6.07) is 0. The number of hydrogen-bond donors (Lipinski definition) is 0. The van der Waals surface area contributed by atoms with Gasteiger partial charge in [-0.2, -0.15) is 6.16 Å². The smallest absolute Gasteiger partial charge is 0.339 e. The van der Waals surface area contributed by atoms with Gasteiger partial charge in [-0.3, -0.25) is 0 Å². The summed E-state index contributed by atoms with van der Waals surface area (Å²) in [4.78, 5) is 0. The van der Waals surface area contributed by atoms with Gasteiger partial charge in [0.15, 0.2) is 0 Å². The predicted octanol–water partition coefficient (Wildman–Crippen LogP) is 1.53. The predicted molar refractivity (Wildman–Crippen MR) is 36.1 cm³/mol. The van der Waals surface area contributed by atoms with Gasteiger partial charge in [-0.05, 0) is 13.3 Å². The summed E-state index contributed by atoms with van der Waals surface area (Å²) in [5.74, 6) is 0. The van der Waals surface area contributed by atoms with Crippen LogP contribution in [-0.2, 0) is 22.4 Å². The summed E-state index contributed by atoms with van der Waals surface area (Å²) in [6.45, 7) is 7.35. The average molecular weight is 300 g/mol. The van der Waals surface area contributed by atoms with Crippen molar-refractivity contribution in [1.82, 2.24) is 0 Å². The Morgan fingerprint density at radius 3 is 1.71 bits per heavy atom. The molecule has 0 saturated heterocycles. The minimum atomic E-state index is -0.758. The second-order valence-electron chi connectivity index (χ2n) is 2.16. The fraction of sp³-hybridized carbons (Fsp3) is 0.600. The molecule has 0 aromatic heterocycles. The zero-order valence-corrected chi connectivity index (χ0v) is 7.93. The van der Waals surface area contributed by atoms with Crippen LogP contribution in [0, 0.1) is 6.92 Å². The van der Waals surface area contributed by atoms with Crippen molar-refractivity contribution in [2.75, 3.05) is 19.5 Å². The van der Waals surface area contributed by atoms with E-state index >= 15 is 0 Å². The van der Waals surface area contributed by atoms with Gasteiger partial charge in [-0.15, -0.1) is 13.2 Å². The molecule has 0 amide bonds. The second kappa shape index (κ2) is 3.97. The maximum Gasteiger partial charge on any atom is 1.00 e. The molecule has 0 aromatic rings. The third kappa shape index (κ3) is 11.0. The van der Waals surface area contributed by atoms with E-state index in [1.54, 1.807) is 0 Å². The SMILES string of the molecule is C=P(C)(C)C[CH2-].[Au+]. The second-order valence-corrected chi connectivity index (χ2v) is 6.48. The van der Waals surface area contributed by atoms with Crippen LogP contribution in [0.25, 0.3) is 0 Å². The van der Waals surface area contributed by atoms with Crippen molar-refractivity contribution in [3.05, 3.63) is 6.92 Å². The zero-order chi connectivity index (χ0) is 5.21. The summed E-state index contributed by atoms with van der Waals surface area (Å²) >= 11 is 0. The van der Waals surface area contributed by atoms with Gasteiger partial charge in [0.1, 0.15) is 0 Å². The molecule has 0 unspecified atom stereocenters. The van der Waals surface area contributed by atoms with E-state index in [-0.39, 0.29) is 22.4 Å². The maximum atomic E-state index is 3.94. The molecule has 0 aliphatic heterocycles. The molecule has 0 aliphatic rings. The maximum absolute atomic E-state index is 3.94. The Morgan fingerprint density at radius 2 is 1.71 bits per heavy atom. The van der Waals surface area contributed by atoms with Gasteiger partial charge in [-0.25, -0.2) is 0 Å². The first-order valence-corrected chi connectivity index (χ1v) is 5.08. The molecule has 48 valence electrons. The first-order valence-electron chi connectivity index (χ1n) is 2.03. The minimum absolute atomic E-state index is 0. The molecule has 0 fully saturated rings. The Bertz CT molecular complexity index is 72.1. The molecule has 0 rings (SSSR count). The Kier molecular flexibility index (Phi) is 6.20. The van der Waals surface area contributed by atoms with Crippen LogP contribution in [-0.4, -0.2) is 25.8 Å². The Morgan fingerprint density at radius 1 is 1.57 bits per heavy atom. The van der Waals surface area contributed by atoms with Crippen molar-refractivity contribution in [3.63, 3.8) is 0 Å². The molecule has 0 atom stereocenters.